The Morgan fingerprint density at radius 2 is 2.15 bits per heavy atom. The van der Waals surface area contributed by atoms with Crippen LogP contribution in [0.3, 0.4) is 0 Å². The Bertz CT molecular complexity index is 283. The van der Waals surface area contributed by atoms with Gasteiger partial charge in [-0.25, -0.2) is 0 Å². The zero-order chi connectivity index (χ0) is 9.90. The van der Waals surface area contributed by atoms with Gasteiger partial charge < -0.3 is 5.32 Å². The topological polar surface area (TPSA) is 24.9 Å². The standard InChI is InChI=1S/C8H9F3N2/c1-12-4-6-5-13-3-2-7(6)8(9,10)11/h2-3,5,12H,4H2,1H3. The van der Waals surface area contributed by atoms with E-state index in [1.807, 2.05) is 0 Å². The molecule has 0 aliphatic heterocycles. The molecule has 1 N–H and O–H groups in total. The van der Waals surface area contributed by atoms with Gasteiger partial charge in [0.2, 0.25) is 0 Å². The number of aromatic nitrogens is 1. The fourth-order valence-corrected chi connectivity index (χ4v) is 1.04. The van der Waals surface area contributed by atoms with E-state index in [4.69, 9.17) is 0 Å². The van der Waals surface area contributed by atoms with E-state index in [1.54, 1.807) is 7.05 Å². The van der Waals surface area contributed by atoms with Crippen molar-refractivity contribution in [3.63, 3.8) is 0 Å². The lowest BCUT2D eigenvalue weighted by Gasteiger charge is -2.10. The summed E-state index contributed by atoms with van der Waals surface area (Å²) in [4.78, 5) is 3.64. The van der Waals surface area contributed by atoms with E-state index in [1.165, 1.54) is 6.20 Å². The molecule has 1 aromatic heterocycles. The lowest BCUT2D eigenvalue weighted by atomic mass is 10.1. The van der Waals surface area contributed by atoms with Crippen LogP contribution in [0.15, 0.2) is 18.5 Å². The summed E-state index contributed by atoms with van der Waals surface area (Å²) in [5.74, 6) is 0. The number of pyridine rings is 1. The van der Waals surface area contributed by atoms with Crippen LogP contribution in [0, 0.1) is 0 Å². The second-order valence-corrected chi connectivity index (χ2v) is 2.56. The van der Waals surface area contributed by atoms with Crippen molar-refractivity contribution in [1.29, 1.82) is 0 Å². The van der Waals surface area contributed by atoms with Gasteiger partial charge in [0.15, 0.2) is 0 Å². The molecule has 0 saturated carbocycles. The molecular formula is C8H9F3N2. The second kappa shape index (κ2) is 3.74. The first-order valence-corrected chi connectivity index (χ1v) is 3.70. The largest absolute Gasteiger partial charge is 0.416 e. The van der Waals surface area contributed by atoms with E-state index in [9.17, 15) is 13.2 Å². The van der Waals surface area contributed by atoms with Gasteiger partial charge in [-0.1, -0.05) is 0 Å². The summed E-state index contributed by atoms with van der Waals surface area (Å²) in [7, 11) is 1.59. The lowest BCUT2D eigenvalue weighted by Crippen LogP contribution is -2.14. The maximum absolute atomic E-state index is 12.3. The third-order valence-electron chi connectivity index (χ3n) is 1.58. The highest BCUT2D eigenvalue weighted by Crippen LogP contribution is 2.31. The highest BCUT2D eigenvalue weighted by atomic mass is 19.4. The first-order chi connectivity index (χ1) is 6.05. The molecule has 1 aromatic rings. The van der Waals surface area contributed by atoms with E-state index in [0.29, 0.717) is 0 Å². The molecule has 0 spiro atoms. The first-order valence-electron chi connectivity index (χ1n) is 3.70. The molecule has 0 unspecified atom stereocenters. The van der Waals surface area contributed by atoms with Crippen LogP contribution in [0.4, 0.5) is 13.2 Å². The van der Waals surface area contributed by atoms with Crippen LogP contribution in [0.5, 0.6) is 0 Å². The van der Waals surface area contributed by atoms with Crippen molar-refractivity contribution in [1.82, 2.24) is 10.3 Å². The molecule has 0 aliphatic rings. The number of nitrogens with zero attached hydrogens (tertiary/aromatic N) is 1. The Morgan fingerprint density at radius 3 is 2.69 bits per heavy atom. The zero-order valence-electron chi connectivity index (χ0n) is 7.02. The summed E-state index contributed by atoms with van der Waals surface area (Å²) < 4.78 is 36.9. The van der Waals surface area contributed by atoms with Gasteiger partial charge in [0.1, 0.15) is 0 Å². The predicted molar refractivity (Wildman–Crippen MR) is 42.0 cm³/mol. The summed E-state index contributed by atoms with van der Waals surface area (Å²) >= 11 is 0. The van der Waals surface area contributed by atoms with E-state index < -0.39 is 11.7 Å². The molecule has 0 amide bonds. The minimum absolute atomic E-state index is 0.164. The molecule has 13 heavy (non-hydrogen) atoms. The maximum atomic E-state index is 12.3. The molecule has 0 fully saturated rings. The van der Waals surface area contributed by atoms with Crippen molar-refractivity contribution in [2.45, 2.75) is 12.7 Å². The summed E-state index contributed by atoms with van der Waals surface area (Å²) in [5, 5.41) is 2.66. The normalized spacial score (nSPS) is 11.7. The Morgan fingerprint density at radius 1 is 1.46 bits per heavy atom. The molecule has 1 rings (SSSR count). The third kappa shape index (κ3) is 2.42. The van der Waals surface area contributed by atoms with Crippen molar-refractivity contribution in [2.75, 3.05) is 7.05 Å². The zero-order valence-corrected chi connectivity index (χ0v) is 7.02. The smallest absolute Gasteiger partial charge is 0.316 e. The van der Waals surface area contributed by atoms with Crippen molar-refractivity contribution in [3.8, 4) is 0 Å². The van der Waals surface area contributed by atoms with Crippen LogP contribution in [0.2, 0.25) is 0 Å². The van der Waals surface area contributed by atoms with Gasteiger partial charge in [-0.15, -0.1) is 0 Å². The van der Waals surface area contributed by atoms with E-state index in [0.717, 1.165) is 12.3 Å². The molecular weight excluding hydrogens is 181 g/mol. The van der Waals surface area contributed by atoms with Crippen LogP contribution in [-0.2, 0) is 12.7 Å². The van der Waals surface area contributed by atoms with Crippen molar-refractivity contribution >= 4 is 0 Å². The number of halogens is 3. The maximum Gasteiger partial charge on any atom is 0.416 e. The predicted octanol–water partition coefficient (Wildman–Crippen LogP) is 1.82. The molecule has 1 heterocycles. The minimum Gasteiger partial charge on any atom is -0.316 e. The molecule has 0 bridgehead atoms. The number of nitrogens with one attached hydrogen (secondary N) is 1. The summed E-state index contributed by atoms with van der Waals surface area (Å²) in [6.45, 7) is 0.169. The van der Waals surface area contributed by atoms with Gasteiger partial charge in [0, 0.05) is 18.9 Å². The summed E-state index contributed by atoms with van der Waals surface area (Å²) in [6, 6.07) is 0.979. The Labute approximate surface area is 73.8 Å². The molecule has 0 radical (unpaired) electrons. The van der Waals surface area contributed by atoms with Crippen molar-refractivity contribution < 1.29 is 13.2 Å². The Balaban J connectivity index is 3.05. The van der Waals surface area contributed by atoms with Crippen LogP contribution < -0.4 is 5.32 Å². The van der Waals surface area contributed by atoms with Crippen molar-refractivity contribution in [2.24, 2.45) is 0 Å². The Kier molecular flexibility index (Phi) is 2.87. The highest BCUT2D eigenvalue weighted by molar-refractivity contribution is 5.25. The average molecular weight is 190 g/mol. The monoisotopic (exact) mass is 190 g/mol. The van der Waals surface area contributed by atoms with E-state index in [2.05, 4.69) is 10.3 Å². The van der Waals surface area contributed by atoms with Crippen LogP contribution in [0.25, 0.3) is 0 Å². The minimum atomic E-state index is -4.30. The third-order valence-corrected chi connectivity index (χ3v) is 1.58. The van der Waals surface area contributed by atoms with Gasteiger partial charge in [0.25, 0.3) is 0 Å². The molecule has 0 atom stereocenters. The van der Waals surface area contributed by atoms with E-state index in [-0.39, 0.29) is 12.1 Å². The van der Waals surface area contributed by atoms with Gasteiger partial charge >= 0.3 is 6.18 Å². The fraction of sp³-hybridized carbons (Fsp3) is 0.375. The van der Waals surface area contributed by atoms with Gasteiger partial charge in [-0.2, -0.15) is 13.2 Å². The average Bonchev–Trinajstić information content (AvgIpc) is 2.04. The first kappa shape index (κ1) is 9.98. The second-order valence-electron chi connectivity index (χ2n) is 2.56. The van der Waals surface area contributed by atoms with Crippen LogP contribution in [-0.4, -0.2) is 12.0 Å². The molecule has 0 aliphatic carbocycles. The lowest BCUT2D eigenvalue weighted by molar-refractivity contribution is -0.138. The summed E-state index contributed by atoms with van der Waals surface area (Å²) in [5.41, 5.74) is -0.464. The molecule has 72 valence electrons. The number of alkyl halides is 3. The number of rotatable bonds is 2. The summed E-state index contributed by atoms with van der Waals surface area (Å²) in [6.07, 6.45) is -1.93. The molecule has 5 heteroatoms. The number of hydrogen-bond donors (Lipinski definition) is 1. The molecule has 0 saturated heterocycles. The SMILES string of the molecule is CNCc1cnccc1C(F)(F)F. The quantitative estimate of drug-likeness (QED) is 0.769. The van der Waals surface area contributed by atoms with Crippen LogP contribution >= 0.6 is 0 Å². The van der Waals surface area contributed by atoms with Crippen molar-refractivity contribution in [3.05, 3.63) is 29.6 Å². The van der Waals surface area contributed by atoms with E-state index >= 15 is 0 Å². The Hall–Kier alpha value is -1.10. The van der Waals surface area contributed by atoms with Gasteiger partial charge in [-0.05, 0) is 18.7 Å². The fourth-order valence-electron chi connectivity index (χ4n) is 1.04. The molecule has 0 aromatic carbocycles. The van der Waals surface area contributed by atoms with Gasteiger partial charge in [0.05, 0.1) is 5.56 Å². The number of hydrogen-bond acceptors (Lipinski definition) is 2. The highest BCUT2D eigenvalue weighted by Gasteiger charge is 2.32. The molecule has 2 nitrogen and oxygen atoms in total. The van der Waals surface area contributed by atoms with Crippen LogP contribution in [0.1, 0.15) is 11.1 Å². The van der Waals surface area contributed by atoms with Gasteiger partial charge in [-0.3, -0.25) is 4.98 Å².